The summed E-state index contributed by atoms with van der Waals surface area (Å²) in [6.07, 6.45) is 3.22. The third kappa shape index (κ3) is 5.67. The molecule has 0 aliphatic rings. The molecule has 0 unspecified atom stereocenters. The zero-order valence-corrected chi connectivity index (χ0v) is 16.1. The molecule has 0 saturated carbocycles. The summed E-state index contributed by atoms with van der Waals surface area (Å²) in [7, 11) is 0. The average molecular weight is 409 g/mol. The minimum Gasteiger partial charge on any atom is -0.452 e. The number of halogens is 1. The lowest BCUT2D eigenvalue weighted by Crippen LogP contribution is -2.20. The number of nitriles is 1. The van der Waals surface area contributed by atoms with Gasteiger partial charge in [0.25, 0.3) is 5.91 Å². The van der Waals surface area contributed by atoms with Crippen LogP contribution in [0.25, 0.3) is 0 Å². The van der Waals surface area contributed by atoms with Crippen molar-refractivity contribution in [1.82, 2.24) is 9.78 Å². The number of benzene rings is 2. The van der Waals surface area contributed by atoms with Crippen LogP contribution in [0.1, 0.15) is 21.5 Å². The Kier molecular flexibility index (Phi) is 6.61. The average Bonchev–Trinajstić information content (AvgIpc) is 3.18. The van der Waals surface area contributed by atoms with Crippen LogP contribution in [0.5, 0.6) is 0 Å². The Hall–Kier alpha value is -3.63. The summed E-state index contributed by atoms with van der Waals surface area (Å²) < 4.78 is 6.61. The van der Waals surface area contributed by atoms with Crippen LogP contribution in [-0.2, 0) is 22.5 Å². The molecule has 8 heteroatoms. The van der Waals surface area contributed by atoms with Crippen molar-refractivity contribution in [2.45, 2.75) is 13.0 Å². The first kappa shape index (κ1) is 20.1. The van der Waals surface area contributed by atoms with Gasteiger partial charge in [-0.3, -0.25) is 9.48 Å². The second-order valence-electron chi connectivity index (χ2n) is 6.17. The molecular formula is C21H17ClN4O3. The Morgan fingerprint density at radius 3 is 2.66 bits per heavy atom. The first-order valence-electron chi connectivity index (χ1n) is 8.74. The molecular weight excluding hydrogens is 392 g/mol. The number of carbonyl (C=O) groups is 2. The number of esters is 1. The number of aromatic nitrogens is 2. The summed E-state index contributed by atoms with van der Waals surface area (Å²) in [5, 5.41) is 16.0. The van der Waals surface area contributed by atoms with Crippen LogP contribution < -0.4 is 5.32 Å². The monoisotopic (exact) mass is 408 g/mol. The van der Waals surface area contributed by atoms with Crippen molar-refractivity contribution in [3.05, 3.63) is 82.6 Å². The fourth-order valence-corrected chi connectivity index (χ4v) is 2.76. The first-order valence-corrected chi connectivity index (χ1v) is 9.11. The lowest BCUT2D eigenvalue weighted by Gasteiger charge is -2.06. The van der Waals surface area contributed by atoms with Crippen LogP contribution >= 0.6 is 11.6 Å². The van der Waals surface area contributed by atoms with Crippen LogP contribution in [0.15, 0.2) is 60.9 Å². The van der Waals surface area contributed by atoms with Gasteiger partial charge in [0.15, 0.2) is 6.61 Å². The Morgan fingerprint density at radius 1 is 1.17 bits per heavy atom. The number of nitrogens with zero attached hydrogens (tertiary/aromatic N) is 3. The molecule has 3 aromatic rings. The van der Waals surface area contributed by atoms with Crippen LogP contribution in [0.4, 0.5) is 5.69 Å². The number of hydrogen-bond donors (Lipinski definition) is 1. The summed E-state index contributed by atoms with van der Waals surface area (Å²) in [4.78, 5) is 24.1. The maximum absolute atomic E-state index is 12.1. The predicted molar refractivity (Wildman–Crippen MR) is 107 cm³/mol. The molecule has 1 heterocycles. The Labute approximate surface area is 172 Å². The molecule has 0 atom stereocenters. The van der Waals surface area contributed by atoms with Crippen LogP contribution in [-0.4, -0.2) is 28.3 Å². The number of hydrogen-bond acceptors (Lipinski definition) is 5. The number of carbonyl (C=O) groups excluding carboxylic acids is 2. The van der Waals surface area contributed by atoms with Gasteiger partial charge in [0.1, 0.15) is 0 Å². The molecule has 1 N–H and O–H groups in total. The second-order valence-corrected chi connectivity index (χ2v) is 6.58. The molecule has 2 aromatic carbocycles. The fraction of sp³-hybridized carbons (Fsp3) is 0.143. The van der Waals surface area contributed by atoms with E-state index in [4.69, 9.17) is 21.6 Å². The summed E-state index contributed by atoms with van der Waals surface area (Å²) in [5.74, 6) is -1.11. The van der Waals surface area contributed by atoms with Crippen molar-refractivity contribution in [2.75, 3.05) is 11.9 Å². The van der Waals surface area contributed by atoms with E-state index in [0.717, 1.165) is 11.1 Å². The number of rotatable bonds is 7. The SMILES string of the molecule is N#CCc1ccc(NC(=O)COC(=O)c2cnn(Cc3ccccc3Cl)c2)cc1. The van der Waals surface area contributed by atoms with E-state index in [2.05, 4.69) is 16.5 Å². The van der Waals surface area contributed by atoms with E-state index < -0.39 is 18.5 Å². The largest absolute Gasteiger partial charge is 0.452 e. The van der Waals surface area contributed by atoms with Crippen molar-refractivity contribution >= 4 is 29.2 Å². The van der Waals surface area contributed by atoms with E-state index in [-0.39, 0.29) is 5.56 Å². The smallest absolute Gasteiger partial charge is 0.341 e. The van der Waals surface area contributed by atoms with Crippen molar-refractivity contribution < 1.29 is 14.3 Å². The quantitative estimate of drug-likeness (QED) is 0.604. The number of anilines is 1. The van der Waals surface area contributed by atoms with Gasteiger partial charge in [-0.1, -0.05) is 41.9 Å². The van der Waals surface area contributed by atoms with Gasteiger partial charge in [-0.05, 0) is 29.3 Å². The Morgan fingerprint density at radius 2 is 1.93 bits per heavy atom. The van der Waals surface area contributed by atoms with Crippen LogP contribution in [0, 0.1) is 11.3 Å². The highest BCUT2D eigenvalue weighted by atomic mass is 35.5. The first-order chi connectivity index (χ1) is 14.0. The van der Waals surface area contributed by atoms with Crippen molar-refractivity contribution in [3.8, 4) is 6.07 Å². The van der Waals surface area contributed by atoms with E-state index in [1.807, 2.05) is 18.2 Å². The third-order valence-electron chi connectivity index (χ3n) is 4.01. The Balaban J connectivity index is 1.50. The van der Waals surface area contributed by atoms with E-state index in [1.165, 1.54) is 12.4 Å². The van der Waals surface area contributed by atoms with Crippen LogP contribution in [0.3, 0.4) is 0 Å². The topological polar surface area (TPSA) is 97.0 Å². The van der Waals surface area contributed by atoms with Crippen molar-refractivity contribution in [3.63, 3.8) is 0 Å². The standard InChI is InChI=1S/C21H17ClN4O3/c22-19-4-2-1-3-16(19)12-26-13-17(11-24-26)21(28)29-14-20(27)25-18-7-5-15(6-8-18)9-10-23/h1-8,11,13H,9,12,14H2,(H,25,27). The molecule has 29 heavy (non-hydrogen) atoms. The van der Waals surface area contributed by atoms with Gasteiger partial charge >= 0.3 is 5.97 Å². The van der Waals surface area contributed by atoms with Gasteiger partial charge in [0.2, 0.25) is 0 Å². The van der Waals surface area contributed by atoms with Gasteiger partial charge in [0, 0.05) is 16.9 Å². The summed E-state index contributed by atoms with van der Waals surface area (Å²) in [6.45, 7) is -0.0102. The van der Waals surface area contributed by atoms with Crippen LogP contribution in [0.2, 0.25) is 5.02 Å². The van der Waals surface area contributed by atoms with E-state index in [0.29, 0.717) is 23.7 Å². The molecule has 7 nitrogen and oxygen atoms in total. The highest BCUT2D eigenvalue weighted by molar-refractivity contribution is 6.31. The van der Waals surface area contributed by atoms with E-state index >= 15 is 0 Å². The summed E-state index contributed by atoms with van der Waals surface area (Å²) in [5.41, 5.74) is 2.52. The van der Waals surface area contributed by atoms with E-state index in [9.17, 15) is 9.59 Å². The molecule has 0 aliphatic heterocycles. The molecule has 0 radical (unpaired) electrons. The molecule has 0 bridgehead atoms. The zero-order chi connectivity index (χ0) is 20.6. The van der Waals surface area contributed by atoms with Gasteiger partial charge < -0.3 is 10.1 Å². The Bertz CT molecular complexity index is 1050. The van der Waals surface area contributed by atoms with Gasteiger partial charge in [0.05, 0.1) is 30.8 Å². The van der Waals surface area contributed by atoms with Crippen molar-refractivity contribution in [1.29, 1.82) is 5.26 Å². The van der Waals surface area contributed by atoms with Crippen molar-refractivity contribution in [2.24, 2.45) is 0 Å². The highest BCUT2D eigenvalue weighted by Crippen LogP contribution is 2.16. The number of nitrogens with one attached hydrogen (secondary N) is 1. The summed E-state index contributed by atoms with van der Waals surface area (Å²) >= 11 is 6.13. The van der Waals surface area contributed by atoms with Gasteiger partial charge in [-0.25, -0.2) is 4.79 Å². The zero-order valence-electron chi connectivity index (χ0n) is 15.3. The molecule has 0 fully saturated rings. The molecule has 1 aromatic heterocycles. The third-order valence-corrected chi connectivity index (χ3v) is 4.38. The predicted octanol–water partition coefficient (Wildman–Crippen LogP) is 3.45. The minimum absolute atomic E-state index is 0.241. The lowest BCUT2D eigenvalue weighted by molar-refractivity contribution is -0.119. The minimum atomic E-state index is -0.644. The van der Waals surface area contributed by atoms with Gasteiger partial charge in [-0.15, -0.1) is 0 Å². The second kappa shape index (κ2) is 9.53. The van der Waals surface area contributed by atoms with Gasteiger partial charge in [-0.2, -0.15) is 10.4 Å². The molecule has 146 valence electrons. The number of amides is 1. The molecule has 0 spiro atoms. The maximum Gasteiger partial charge on any atom is 0.341 e. The molecule has 3 rings (SSSR count). The fourth-order valence-electron chi connectivity index (χ4n) is 2.57. The maximum atomic E-state index is 12.1. The summed E-state index contributed by atoms with van der Waals surface area (Å²) in [6, 6.07) is 16.3. The lowest BCUT2D eigenvalue weighted by atomic mass is 10.1. The molecule has 0 aliphatic carbocycles. The van der Waals surface area contributed by atoms with E-state index in [1.54, 1.807) is 35.0 Å². The highest BCUT2D eigenvalue weighted by Gasteiger charge is 2.13. The molecule has 0 saturated heterocycles. The molecule has 1 amide bonds. The normalized spacial score (nSPS) is 10.2. The number of ether oxygens (including phenoxy) is 1.